The maximum Gasteiger partial charge on any atom is 0.137 e. The molecule has 0 bridgehead atoms. The summed E-state index contributed by atoms with van der Waals surface area (Å²) in [5.41, 5.74) is 0.911. The summed E-state index contributed by atoms with van der Waals surface area (Å²) in [5.74, 6) is 0.169. The van der Waals surface area contributed by atoms with Crippen molar-refractivity contribution in [1.82, 2.24) is 0 Å². The summed E-state index contributed by atoms with van der Waals surface area (Å²) in [7, 11) is 0. The van der Waals surface area contributed by atoms with Gasteiger partial charge in [0.1, 0.15) is 11.4 Å². The molecule has 3 heteroatoms. The summed E-state index contributed by atoms with van der Waals surface area (Å²) in [6, 6.07) is 30.1. The van der Waals surface area contributed by atoms with Crippen molar-refractivity contribution in [1.29, 1.82) is 0 Å². The third-order valence-electron chi connectivity index (χ3n) is 5.41. The lowest BCUT2D eigenvalue weighted by Crippen LogP contribution is -2.38. The van der Waals surface area contributed by atoms with Crippen molar-refractivity contribution < 1.29 is 10.2 Å². The lowest BCUT2D eigenvalue weighted by molar-refractivity contribution is 0.0589. The molecule has 0 spiro atoms. The van der Waals surface area contributed by atoms with Crippen LogP contribution in [0.2, 0.25) is 0 Å². The highest BCUT2D eigenvalue weighted by Crippen LogP contribution is 2.35. The molecule has 0 heterocycles. The number of rotatable bonds is 5. The van der Waals surface area contributed by atoms with E-state index < -0.39 is 11.6 Å². The Hall–Kier alpha value is -3.43. The molecule has 144 valence electrons. The molecule has 0 amide bonds. The number of phenolic OH excluding ortho intramolecular Hbond substituents is 1. The second-order valence-electron chi connectivity index (χ2n) is 7.17. The minimum absolute atomic E-state index is 0.169. The number of aliphatic imine (C=N–C) groups is 1. The fraction of sp³-hybridized carbons (Fsp3) is 0.115. The maximum atomic E-state index is 11.8. The molecule has 0 fully saturated rings. The lowest BCUT2D eigenvalue weighted by Gasteiger charge is -2.33. The summed E-state index contributed by atoms with van der Waals surface area (Å²) in [6.45, 7) is 1.89. The van der Waals surface area contributed by atoms with Crippen LogP contribution in [0.1, 0.15) is 23.6 Å². The van der Waals surface area contributed by atoms with Gasteiger partial charge in [-0.3, -0.25) is 4.99 Å². The van der Waals surface area contributed by atoms with Gasteiger partial charge in [0.15, 0.2) is 0 Å². The van der Waals surface area contributed by atoms with Crippen LogP contribution in [0.4, 0.5) is 0 Å². The van der Waals surface area contributed by atoms with E-state index in [1.165, 1.54) is 0 Å². The van der Waals surface area contributed by atoms with E-state index in [1.54, 1.807) is 12.3 Å². The van der Waals surface area contributed by atoms with Crippen LogP contribution in [-0.4, -0.2) is 22.5 Å². The van der Waals surface area contributed by atoms with Crippen LogP contribution < -0.4 is 0 Å². The molecule has 3 nitrogen and oxygen atoms in total. The van der Waals surface area contributed by atoms with Crippen LogP contribution in [0.25, 0.3) is 10.8 Å². The van der Waals surface area contributed by atoms with Gasteiger partial charge >= 0.3 is 0 Å². The van der Waals surface area contributed by atoms with Crippen LogP contribution >= 0.6 is 0 Å². The Bertz CT molecular complexity index is 1100. The molecule has 4 rings (SSSR count). The zero-order valence-corrected chi connectivity index (χ0v) is 16.2. The molecule has 0 aliphatic carbocycles. The Kier molecular flexibility index (Phi) is 5.15. The van der Waals surface area contributed by atoms with E-state index in [4.69, 9.17) is 4.99 Å². The molecule has 2 N–H and O–H groups in total. The zero-order valence-electron chi connectivity index (χ0n) is 16.2. The smallest absolute Gasteiger partial charge is 0.137 e. The van der Waals surface area contributed by atoms with Crippen molar-refractivity contribution in [2.24, 2.45) is 4.99 Å². The number of aliphatic hydroxyl groups is 1. The van der Waals surface area contributed by atoms with Gasteiger partial charge in [0.25, 0.3) is 0 Å². The maximum absolute atomic E-state index is 11.8. The number of fused-ring (bicyclic) bond motifs is 1. The van der Waals surface area contributed by atoms with Crippen molar-refractivity contribution in [3.8, 4) is 5.75 Å². The Morgan fingerprint density at radius 1 is 0.759 bits per heavy atom. The molecule has 1 atom stereocenters. The van der Waals surface area contributed by atoms with Crippen molar-refractivity contribution in [3.05, 3.63) is 114 Å². The van der Waals surface area contributed by atoms with E-state index >= 15 is 0 Å². The van der Waals surface area contributed by atoms with Gasteiger partial charge in [0, 0.05) is 11.8 Å². The lowest BCUT2D eigenvalue weighted by atomic mass is 9.81. The van der Waals surface area contributed by atoms with Gasteiger partial charge in [-0.15, -0.1) is 0 Å². The standard InChI is InChI=1S/C26H23NO2/c1-19(27-18-24-23-15-9-8-10-20(23)16-17-25(24)28)26(29,21-11-4-2-5-12-21)22-13-6-3-7-14-22/h2-19,28-29H,1H3/t19-/m1/s1. The second-order valence-corrected chi connectivity index (χ2v) is 7.17. The first kappa shape index (κ1) is 18.9. The number of benzene rings is 4. The molecule has 0 aliphatic rings. The fourth-order valence-corrected chi connectivity index (χ4v) is 3.75. The molecule has 0 aromatic heterocycles. The van der Waals surface area contributed by atoms with Gasteiger partial charge < -0.3 is 10.2 Å². The highest BCUT2D eigenvalue weighted by Gasteiger charge is 2.37. The van der Waals surface area contributed by atoms with Crippen LogP contribution in [-0.2, 0) is 5.60 Å². The first-order chi connectivity index (χ1) is 14.1. The van der Waals surface area contributed by atoms with Crippen LogP contribution in [0.5, 0.6) is 5.75 Å². The van der Waals surface area contributed by atoms with Crippen LogP contribution in [0.3, 0.4) is 0 Å². The molecule has 0 radical (unpaired) electrons. The van der Waals surface area contributed by atoms with Gasteiger partial charge in [-0.05, 0) is 34.9 Å². The molecular formula is C26H23NO2. The van der Waals surface area contributed by atoms with E-state index in [2.05, 4.69) is 0 Å². The Labute approximate surface area is 170 Å². The fourth-order valence-electron chi connectivity index (χ4n) is 3.75. The summed E-state index contributed by atoms with van der Waals surface area (Å²) in [4.78, 5) is 4.70. The molecule has 0 unspecified atom stereocenters. The normalized spacial score (nSPS) is 13.0. The molecule has 0 aliphatic heterocycles. The number of hydrogen-bond donors (Lipinski definition) is 2. The zero-order chi connectivity index (χ0) is 20.3. The number of nitrogens with zero attached hydrogens (tertiary/aromatic N) is 1. The minimum atomic E-state index is -1.29. The van der Waals surface area contributed by atoms with Crippen LogP contribution in [0, 0.1) is 0 Å². The van der Waals surface area contributed by atoms with E-state index in [-0.39, 0.29) is 5.75 Å². The van der Waals surface area contributed by atoms with Crippen molar-refractivity contribution in [2.45, 2.75) is 18.6 Å². The van der Waals surface area contributed by atoms with Gasteiger partial charge in [0.2, 0.25) is 0 Å². The van der Waals surface area contributed by atoms with E-state index in [0.717, 1.165) is 21.9 Å². The summed E-state index contributed by atoms with van der Waals surface area (Å²) >= 11 is 0. The summed E-state index contributed by atoms with van der Waals surface area (Å²) < 4.78 is 0. The quantitative estimate of drug-likeness (QED) is 0.462. The SMILES string of the molecule is C[C@@H](N=Cc1c(O)ccc2ccccc12)C(O)(c1ccccc1)c1ccccc1. The minimum Gasteiger partial charge on any atom is -0.507 e. The highest BCUT2D eigenvalue weighted by atomic mass is 16.3. The number of aromatic hydroxyl groups is 1. The third-order valence-corrected chi connectivity index (χ3v) is 5.41. The Morgan fingerprint density at radius 3 is 1.93 bits per heavy atom. The average Bonchev–Trinajstić information content (AvgIpc) is 2.79. The van der Waals surface area contributed by atoms with Crippen LogP contribution in [0.15, 0.2) is 102 Å². The first-order valence-corrected chi connectivity index (χ1v) is 9.68. The highest BCUT2D eigenvalue weighted by molar-refractivity contribution is 6.02. The third kappa shape index (κ3) is 3.53. The monoisotopic (exact) mass is 381 g/mol. The predicted molar refractivity (Wildman–Crippen MR) is 119 cm³/mol. The van der Waals surface area contributed by atoms with E-state index in [9.17, 15) is 10.2 Å². The van der Waals surface area contributed by atoms with Crippen molar-refractivity contribution in [2.75, 3.05) is 0 Å². The molecule has 4 aromatic rings. The largest absolute Gasteiger partial charge is 0.507 e. The molecule has 4 aromatic carbocycles. The summed E-state index contributed by atoms with van der Waals surface area (Å²) in [5, 5.41) is 24.2. The Morgan fingerprint density at radius 2 is 1.31 bits per heavy atom. The number of hydrogen-bond acceptors (Lipinski definition) is 3. The van der Waals surface area contributed by atoms with E-state index in [1.807, 2.05) is 97.9 Å². The Balaban J connectivity index is 1.79. The molecular weight excluding hydrogens is 358 g/mol. The van der Waals surface area contributed by atoms with Gasteiger partial charge in [-0.25, -0.2) is 0 Å². The van der Waals surface area contributed by atoms with Gasteiger partial charge in [-0.2, -0.15) is 0 Å². The molecule has 0 saturated heterocycles. The van der Waals surface area contributed by atoms with E-state index in [0.29, 0.717) is 5.56 Å². The van der Waals surface area contributed by atoms with Crippen molar-refractivity contribution >= 4 is 17.0 Å². The second kappa shape index (κ2) is 7.90. The topological polar surface area (TPSA) is 52.8 Å². The first-order valence-electron chi connectivity index (χ1n) is 9.68. The molecule has 29 heavy (non-hydrogen) atoms. The van der Waals surface area contributed by atoms with Crippen molar-refractivity contribution in [3.63, 3.8) is 0 Å². The number of phenols is 1. The average molecular weight is 381 g/mol. The molecule has 0 saturated carbocycles. The van der Waals surface area contributed by atoms with Gasteiger partial charge in [-0.1, -0.05) is 91.0 Å². The summed E-state index contributed by atoms with van der Waals surface area (Å²) in [6.07, 6.45) is 1.67. The predicted octanol–water partition coefficient (Wildman–Crippen LogP) is 5.29. The van der Waals surface area contributed by atoms with Gasteiger partial charge in [0.05, 0.1) is 6.04 Å².